The van der Waals surface area contributed by atoms with Crippen LogP contribution < -0.4 is 0 Å². The van der Waals surface area contributed by atoms with Gasteiger partial charge in [-0.15, -0.1) is 0 Å². The fraction of sp³-hybridized carbons (Fsp3) is 0.0833. The molecule has 0 aromatic heterocycles. The summed E-state index contributed by atoms with van der Waals surface area (Å²) in [7, 11) is 0. The first-order valence-electron chi connectivity index (χ1n) is 9.13. The zero-order valence-electron chi connectivity index (χ0n) is 15.7. The van der Waals surface area contributed by atoms with Crippen molar-refractivity contribution in [3.05, 3.63) is 98.4 Å². The molecule has 0 N–H and O–H groups in total. The molecule has 0 atom stereocenters. The summed E-state index contributed by atoms with van der Waals surface area (Å²) in [6, 6.07) is 21.3. The van der Waals surface area contributed by atoms with Gasteiger partial charge in [0.25, 0.3) is 11.8 Å². The van der Waals surface area contributed by atoms with Gasteiger partial charge in [0.2, 0.25) is 0 Å². The summed E-state index contributed by atoms with van der Waals surface area (Å²) in [5.74, 6) is -0.463. The summed E-state index contributed by atoms with van der Waals surface area (Å²) in [6.45, 7) is 2.25. The lowest BCUT2D eigenvalue weighted by molar-refractivity contribution is 0.0672. The second kappa shape index (κ2) is 8.09. The van der Waals surface area contributed by atoms with Crippen LogP contribution in [0, 0.1) is 0 Å². The molecule has 0 spiro atoms. The predicted molar refractivity (Wildman–Crippen MR) is 123 cm³/mol. The molecule has 1 aliphatic rings. The minimum Gasteiger partial charge on any atom is -0.270 e. The Hall–Kier alpha value is -2.50. The Balaban J connectivity index is 1.51. The van der Waals surface area contributed by atoms with Crippen LogP contribution in [0.25, 0.3) is 16.7 Å². The van der Waals surface area contributed by atoms with Crippen molar-refractivity contribution in [2.75, 3.05) is 6.54 Å². The highest BCUT2D eigenvalue weighted by Crippen LogP contribution is 2.31. The molecule has 4 rings (SSSR count). The van der Waals surface area contributed by atoms with Gasteiger partial charge in [0, 0.05) is 15.5 Å². The summed E-state index contributed by atoms with van der Waals surface area (Å²) >= 11 is 7.08. The Bertz CT molecular complexity index is 1110. The highest BCUT2D eigenvalue weighted by Gasteiger charge is 2.34. The van der Waals surface area contributed by atoms with Gasteiger partial charge in [0.05, 0.1) is 11.1 Å². The highest BCUT2D eigenvalue weighted by atomic mass is 79.9. The number of amides is 2. The van der Waals surface area contributed by atoms with Crippen molar-refractivity contribution in [3.8, 4) is 11.1 Å². The quantitative estimate of drug-likeness (QED) is 0.372. The highest BCUT2D eigenvalue weighted by molar-refractivity contribution is 9.11. The molecular weight excluding hydrogens is 494 g/mol. The van der Waals surface area contributed by atoms with E-state index in [0.29, 0.717) is 11.1 Å². The number of rotatable bonds is 4. The molecule has 1 aliphatic heterocycles. The summed E-state index contributed by atoms with van der Waals surface area (Å²) in [5, 5.41) is 0. The molecule has 29 heavy (non-hydrogen) atoms. The number of halogens is 2. The number of hydrogen-bond acceptors (Lipinski definition) is 2. The lowest BCUT2D eigenvalue weighted by Gasteiger charge is -2.12. The number of carbonyl (C=O) groups excluding carboxylic acids is 2. The maximum atomic E-state index is 12.5. The molecule has 0 radical (unpaired) electrons. The smallest absolute Gasteiger partial charge is 0.261 e. The molecule has 2 amide bonds. The second-order valence-corrected chi connectivity index (χ2v) is 8.63. The van der Waals surface area contributed by atoms with E-state index in [1.807, 2.05) is 25.1 Å². The molecule has 3 aromatic rings. The third-order valence-electron chi connectivity index (χ3n) is 5.04. The van der Waals surface area contributed by atoms with E-state index in [-0.39, 0.29) is 18.4 Å². The van der Waals surface area contributed by atoms with Gasteiger partial charge in [-0.25, -0.2) is 0 Å². The number of hydrogen-bond donors (Lipinski definition) is 0. The van der Waals surface area contributed by atoms with Gasteiger partial charge >= 0.3 is 0 Å². The summed E-state index contributed by atoms with van der Waals surface area (Å²) in [6.07, 6.45) is 1.92. The van der Waals surface area contributed by atoms with Crippen LogP contribution in [0.1, 0.15) is 33.2 Å². The van der Waals surface area contributed by atoms with E-state index in [0.717, 1.165) is 31.2 Å². The first-order valence-corrected chi connectivity index (χ1v) is 10.7. The number of allylic oxidation sites excluding steroid dienone is 1. The molecule has 0 bridgehead atoms. The van der Waals surface area contributed by atoms with E-state index in [1.165, 1.54) is 4.90 Å². The largest absolute Gasteiger partial charge is 0.270 e. The molecule has 0 unspecified atom stereocenters. The van der Waals surface area contributed by atoms with Crippen LogP contribution in [0.4, 0.5) is 0 Å². The topological polar surface area (TPSA) is 37.4 Å². The van der Waals surface area contributed by atoms with Gasteiger partial charge < -0.3 is 0 Å². The first kappa shape index (κ1) is 19.8. The molecule has 0 saturated heterocycles. The van der Waals surface area contributed by atoms with E-state index in [2.05, 4.69) is 62.2 Å². The Morgan fingerprint density at radius 2 is 1.48 bits per heavy atom. The van der Waals surface area contributed by atoms with E-state index < -0.39 is 0 Å². The van der Waals surface area contributed by atoms with Gasteiger partial charge in [-0.1, -0.05) is 80.4 Å². The number of carbonyl (C=O) groups is 2. The van der Waals surface area contributed by atoms with E-state index in [4.69, 9.17) is 0 Å². The Kier molecular flexibility index (Phi) is 5.52. The average molecular weight is 511 g/mol. The van der Waals surface area contributed by atoms with Gasteiger partial charge in [-0.3, -0.25) is 14.5 Å². The van der Waals surface area contributed by atoms with Crippen LogP contribution in [0.2, 0.25) is 0 Å². The third-order valence-corrected chi connectivity index (χ3v) is 6.19. The van der Waals surface area contributed by atoms with Crippen LogP contribution in [-0.2, 0) is 0 Å². The van der Waals surface area contributed by atoms with Crippen molar-refractivity contribution < 1.29 is 9.59 Å². The van der Waals surface area contributed by atoms with Crippen LogP contribution in [-0.4, -0.2) is 23.3 Å². The molecule has 144 valence electrons. The van der Waals surface area contributed by atoms with Gasteiger partial charge in [-0.05, 0) is 53.5 Å². The Morgan fingerprint density at radius 3 is 2.07 bits per heavy atom. The lowest BCUT2D eigenvalue weighted by atomic mass is 10.0. The second-order valence-electron chi connectivity index (χ2n) is 6.86. The van der Waals surface area contributed by atoms with Crippen LogP contribution in [0.15, 0.2) is 81.8 Å². The summed E-state index contributed by atoms with van der Waals surface area (Å²) in [5.41, 5.74) is 5.26. The molecular formula is C24H17Br2NO2. The van der Waals surface area contributed by atoms with Crippen LogP contribution in [0.5, 0.6) is 0 Å². The fourth-order valence-electron chi connectivity index (χ4n) is 3.39. The molecule has 5 heteroatoms. The Labute approximate surface area is 186 Å². The number of nitrogens with zero attached hydrogens (tertiary/aromatic N) is 1. The van der Waals surface area contributed by atoms with Gasteiger partial charge in [-0.2, -0.15) is 0 Å². The van der Waals surface area contributed by atoms with Gasteiger partial charge in [0.15, 0.2) is 0 Å². The Morgan fingerprint density at radius 1 is 0.862 bits per heavy atom. The predicted octanol–water partition coefficient (Wildman–Crippen LogP) is 6.58. The molecule has 3 aromatic carbocycles. The average Bonchev–Trinajstić information content (AvgIpc) is 2.97. The van der Waals surface area contributed by atoms with Gasteiger partial charge in [0.1, 0.15) is 0 Å². The lowest BCUT2D eigenvalue weighted by Crippen LogP contribution is -2.29. The number of benzene rings is 3. The van der Waals surface area contributed by atoms with Crippen molar-refractivity contribution in [2.45, 2.75) is 6.92 Å². The standard InChI is InChI=1S/C24H17Br2NO2/c1-15(12-13-27-23(28)20-4-2-3-5-21(20)24(27)29)16-6-8-17(9-7-16)19-11-10-18(25)14-22(19)26/h2-12,14H,13H2,1H3. The number of imide groups is 1. The van der Waals surface area contributed by atoms with Crippen molar-refractivity contribution in [1.82, 2.24) is 4.90 Å². The summed E-state index contributed by atoms with van der Waals surface area (Å²) < 4.78 is 2.05. The molecule has 0 fully saturated rings. The SMILES string of the molecule is CC(=CCN1C(=O)c2ccccc2C1=O)c1ccc(-c2ccc(Br)cc2Br)cc1. The third kappa shape index (κ3) is 3.85. The normalized spacial score (nSPS) is 13.8. The van der Waals surface area contributed by atoms with Crippen molar-refractivity contribution in [2.24, 2.45) is 0 Å². The minimum atomic E-state index is -0.231. The maximum Gasteiger partial charge on any atom is 0.261 e. The van der Waals surface area contributed by atoms with E-state index in [9.17, 15) is 9.59 Å². The minimum absolute atomic E-state index is 0.231. The monoisotopic (exact) mass is 509 g/mol. The van der Waals surface area contributed by atoms with E-state index >= 15 is 0 Å². The molecule has 1 heterocycles. The van der Waals surface area contributed by atoms with E-state index in [1.54, 1.807) is 24.3 Å². The summed E-state index contributed by atoms with van der Waals surface area (Å²) in [4.78, 5) is 26.3. The van der Waals surface area contributed by atoms with Crippen molar-refractivity contribution in [1.29, 1.82) is 0 Å². The van der Waals surface area contributed by atoms with Crippen LogP contribution in [0.3, 0.4) is 0 Å². The zero-order valence-corrected chi connectivity index (χ0v) is 18.8. The first-order chi connectivity index (χ1) is 14.0. The molecule has 3 nitrogen and oxygen atoms in total. The maximum absolute atomic E-state index is 12.5. The fourth-order valence-corrected chi connectivity index (χ4v) is 4.66. The molecule has 0 saturated carbocycles. The molecule has 0 aliphatic carbocycles. The number of fused-ring (bicyclic) bond motifs is 1. The zero-order chi connectivity index (χ0) is 20.5. The van der Waals surface area contributed by atoms with Crippen LogP contribution >= 0.6 is 31.9 Å². The van der Waals surface area contributed by atoms with Crippen molar-refractivity contribution in [3.63, 3.8) is 0 Å². The van der Waals surface area contributed by atoms with Crippen molar-refractivity contribution >= 4 is 49.2 Å².